The van der Waals surface area contributed by atoms with Gasteiger partial charge in [0.2, 0.25) is 10.0 Å². The van der Waals surface area contributed by atoms with Crippen molar-refractivity contribution in [2.75, 3.05) is 13.1 Å². The van der Waals surface area contributed by atoms with Crippen molar-refractivity contribution in [1.82, 2.24) is 10.0 Å². The summed E-state index contributed by atoms with van der Waals surface area (Å²) in [5.41, 5.74) is 12.4. The molecule has 1 amide bonds. The molecule has 178 valence electrons. The van der Waals surface area contributed by atoms with Gasteiger partial charge >= 0.3 is 5.97 Å². The number of carbonyl (C=O) groups is 2. The van der Waals surface area contributed by atoms with E-state index in [-0.39, 0.29) is 10.9 Å². The molecule has 0 aliphatic heterocycles. The number of hydrogen-bond acceptors (Lipinski definition) is 6. The summed E-state index contributed by atoms with van der Waals surface area (Å²) in [5.74, 6) is -1.95. The molecule has 0 saturated heterocycles. The number of aryl methyl sites for hydroxylation is 3. The molecule has 0 aliphatic rings. The van der Waals surface area contributed by atoms with Gasteiger partial charge in [-0.25, -0.2) is 13.4 Å². The Morgan fingerprint density at radius 2 is 1.82 bits per heavy atom. The molecule has 1 atom stereocenters. The summed E-state index contributed by atoms with van der Waals surface area (Å²) in [6.45, 7) is 5.00. The first-order chi connectivity index (χ1) is 15.4. The van der Waals surface area contributed by atoms with E-state index >= 15 is 0 Å². The Kier molecular flexibility index (Phi) is 8.74. The Balaban J connectivity index is 2.07. The molecular weight excluding hydrogens is 466 g/mol. The van der Waals surface area contributed by atoms with Gasteiger partial charge in [0, 0.05) is 11.4 Å². The molecule has 12 heteroatoms. The number of sulfonamides is 1. The first-order valence-electron chi connectivity index (χ1n) is 9.83. The van der Waals surface area contributed by atoms with E-state index in [9.17, 15) is 23.1 Å². The molecular formula is C21H27N5O5S2. The number of thiophene rings is 1. The molecule has 0 spiro atoms. The lowest BCUT2D eigenvalue weighted by Gasteiger charge is -2.18. The third-order valence-corrected chi connectivity index (χ3v) is 7.27. The van der Waals surface area contributed by atoms with Crippen LogP contribution in [-0.2, 0) is 14.8 Å². The molecule has 1 aromatic heterocycles. The number of carbonyl (C=O) groups excluding carboxylic acids is 1. The van der Waals surface area contributed by atoms with Gasteiger partial charge < -0.3 is 21.9 Å². The van der Waals surface area contributed by atoms with Crippen molar-refractivity contribution in [1.29, 1.82) is 0 Å². The van der Waals surface area contributed by atoms with Crippen LogP contribution in [0, 0.1) is 20.8 Å². The maximum Gasteiger partial charge on any atom is 0.323 e. The van der Waals surface area contributed by atoms with Crippen molar-refractivity contribution in [3.05, 3.63) is 56.8 Å². The standard InChI is InChI=1S/C21H27N5O5S2/c1-12-9-13(2)18(14(3)10-12)33(30,31)26-16(20(28)29)11-25-19(27)17-7-6-15(32-17)5-4-8-24-21(22)23/h4-7,9-10,16,26H,8,11H2,1-3H3,(H,25,27)(H,28,29)(H4,22,23,24)/b5-4+/t16-/m0/s1. The summed E-state index contributed by atoms with van der Waals surface area (Å²) < 4.78 is 27.9. The van der Waals surface area contributed by atoms with E-state index in [1.54, 1.807) is 50.3 Å². The Bertz CT molecular complexity index is 1170. The van der Waals surface area contributed by atoms with Crippen LogP contribution >= 0.6 is 11.3 Å². The third kappa shape index (κ3) is 7.41. The number of hydrogen-bond donors (Lipinski definition) is 5. The van der Waals surface area contributed by atoms with Crippen molar-refractivity contribution < 1.29 is 23.1 Å². The number of nitrogens with two attached hydrogens (primary N) is 2. The van der Waals surface area contributed by atoms with Gasteiger partial charge in [0.1, 0.15) is 6.04 Å². The number of carboxylic acids is 1. The highest BCUT2D eigenvalue weighted by Crippen LogP contribution is 2.22. The highest BCUT2D eigenvalue weighted by atomic mass is 32.2. The molecule has 0 saturated carbocycles. The number of rotatable bonds is 10. The van der Waals surface area contributed by atoms with Crippen LogP contribution in [0.5, 0.6) is 0 Å². The fourth-order valence-electron chi connectivity index (χ4n) is 3.19. The van der Waals surface area contributed by atoms with Gasteiger partial charge in [-0.1, -0.05) is 23.8 Å². The molecule has 0 bridgehead atoms. The Morgan fingerprint density at radius 1 is 1.18 bits per heavy atom. The number of aliphatic imine (C=N–C) groups is 1. The lowest BCUT2D eigenvalue weighted by atomic mass is 10.1. The minimum atomic E-state index is -4.13. The van der Waals surface area contributed by atoms with E-state index in [1.807, 2.05) is 6.92 Å². The van der Waals surface area contributed by atoms with Crippen molar-refractivity contribution >= 4 is 45.3 Å². The van der Waals surface area contributed by atoms with Crippen LogP contribution in [0.2, 0.25) is 0 Å². The zero-order valence-corrected chi connectivity index (χ0v) is 20.1. The smallest absolute Gasteiger partial charge is 0.323 e. The molecule has 2 aromatic rings. The maximum absolute atomic E-state index is 12.9. The average molecular weight is 494 g/mol. The fraction of sp³-hybridized carbons (Fsp3) is 0.286. The van der Waals surface area contributed by atoms with Crippen molar-refractivity contribution in [3.63, 3.8) is 0 Å². The molecule has 0 fully saturated rings. The maximum atomic E-state index is 12.9. The monoisotopic (exact) mass is 493 g/mol. The van der Waals surface area contributed by atoms with E-state index < -0.39 is 34.5 Å². The van der Waals surface area contributed by atoms with Gasteiger partial charge in [0.15, 0.2) is 5.96 Å². The summed E-state index contributed by atoms with van der Waals surface area (Å²) in [6.07, 6.45) is 3.46. The minimum Gasteiger partial charge on any atom is -0.480 e. The lowest BCUT2D eigenvalue weighted by molar-refractivity contribution is -0.138. The molecule has 0 unspecified atom stereocenters. The normalized spacial score (nSPS) is 12.5. The Labute approximate surface area is 196 Å². The van der Waals surface area contributed by atoms with E-state index in [4.69, 9.17) is 11.5 Å². The molecule has 7 N–H and O–H groups in total. The van der Waals surface area contributed by atoms with Crippen LogP contribution in [0.3, 0.4) is 0 Å². The quantitative estimate of drug-likeness (QED) is 0.243. The first kappa shape index (κ1) is 26.0. The Hall–Kier alpha value is -3.22. The van der Waals surface area contributed by atoms with E-state index in [0.717, 1.165) is 10.4 Å². The zero-order chi connectivity index (χ0) is 24.8. The minimum absolute atomic E-state index is 0.0257. The number of amides is 1. The predicted molar refractivity (Wildman–Crippen MR) is 129 cm³/mol. The van der Waals surface area contributed by atoms with Crippen molar-refractivity contribution in [2.24, 2.45) is 16.5 Å². The topological polar surface area (TPSA) is 177 Å². The highest BCUT2D eigenvalue weighted by molar-refractivity contribution is 7.89. The molecule has 33 heavy (non-hydrogen) atoms. The van der Waals surface area contributed by atoms with Gasteiger partial charge in [-0.05, 0) is 50.1 Å². The van der Waals surface area contributed by atoms with Crippen molar-refractivity contribution in [2.45, 2.75) is 31.7 Å². The number of nitrogens with one attached hydrogen (secondary N) is 2. The van der Waals surface area contributed by atoms with Gasteiger partial charge in [0.05, 0.1) is 16.3 Å². The SMILES string of the molecule is Cc1cc(C)c(S(=O)(=O)N[C@@H](CNC(=O)c2ccc(/C=C/CN=C(N)N)s2)C(=O)O)c(C)c1. The first-order valence-corrected chi connectivity index (χ1v) is 12.1. The second-order valence-electron chi connectivity index (χ2n) is 7.32. The van der Waals surface area contributed by atoms with Crippen LogP contribution in [0.4, 0.5) is 0 Å². The van der Waals surface area contributed by atoms with Crippen LogP contribution in [0.15, 0.2) is 40.2 Å². The lowest BCUT2D eigenvalue weighted by Crippen LogP contribution is -2.48. The molecule has 0 aliphatic carbocycles. The van der Waals surface area contributed by atoms with Crippen LogP contribution in [0.25, 0.3) is 6.08 Å². The van der Waals surface area contributed by atoms with Crippen LogP contribution in [0.1, 0.15) is 31.2 Å². The second kappa shape index (κ2) is 11.1. The number of benzene rings is 1. The van der Waals surface area contributed by atoms with Crippen LogP contribution < -0.4 is 21.5 Å². The number of carboxylic acid groups (broad SMARTS) is 1. The van der Waals surface area contributed by atoms with Gasteiger partial charge in [0.25, 0.3) is 5.91 Å². The predicted octanol–water partition coefficient (Wildman–Crippen LogP) is 1.12. The number of guanidine groups is 1. The van der Waals surface area contributed by atoms with Crippen LogP contribution in [-0.4, -0.2) is 50.5 Å². The van der Waals surface area contributed by atoms with Gasteiger partial charge in [-0.15, -0.1) is 11.3 Å². The van der Waals surface area contributed by atoms with E-state index in [2.05, 4.69) is 15.0 Å². The average Bonchev–Trinajstić information content (AvgIpc) is 3.15. The fourth-order valence-corrected chi connectivity index (χ4v) is 5.69. The summed E-state index contributed by atoms with van der Waals surface area (Å²) in [4.78, 5) is 29.1. The van der Waals surface area contributed by atoms with E-state index in [1.165, 1.54) is 11.3 Å². The summed E-state index contributed by atoms with van der Waals surface area (Å²) >= 11 is 1.18. The second-order valence-corrected chi connectivity index (χ2v) is 10.1. The summed E-state index contributed by atoms with van der Waals surface area (Å²) in [7, 11) is -4.13. The molecule has 10 nitrogen and oxygen atoms in total. The zero-order valence-electron chi connectivity index (χ0n) is 18.5. The number of nitrogens with zero attached hydrogens (tertiary/aromatic N) is 1. The van der Waals surface area contributed by atoms with Crippen molar-refractivity contribution in [3.8, 4) is 0 Å². The number of aliphatic carboxylic acids is 1. The summed E-state index contributed by atoms with van der Waals surface area (Å²) in [6, 6.07) is 5.17. The molecule has 1 aromatic carbocycles. The summed E-state index contributed by atoms with van der Waals surface area (Å²) in [5, 5.41) is 12.0. The van der Waals surface area contributed by atoms with Gasteiger partial charge in [-0.2, -0.15) is 4.72 Å². The van der Waals surface area contributed by atoms with E-state index in [0.29, 0.717) is 22.5 Å². The largest absolute Gasteiger partial charge is 0.480 e. The van der Waals surface area contributed by atoms with Gasteiger partial charge in [-0.3, -0.25) is 9.59 Å². The molecule has 2 rings (SSSR count). The molecule has 1 heterocycles. The third-order valence-electron chi connectivity index (χ3n) is 4.45. The Morgan fingerprint density at radius 3 is 2.39 bits per heavy atom. The molecule has 0 radical (unpaired) electrons. The highest BCUT2D eigenvalue weighted by Gasteiger charge is 2.28.